The molecule has 0 saturated carbocycles. The Morgan fingerprint density at radius 2 is 1.96 bits per heavy atom. The molecule has 23 heavy (non-hydrogen) atoms. The molecular formula is C14H20N2O6S. The molecule has 0 atom stereocenters. The first-order valence-corrected chi connectivity index (χ1v) is 8.83. The number of hydrogen-bond donors (Lipinski definition) is 1. The van der Waals surface area contributed by atoms with Gasteiger partial charge in [0.1, 0.15) is 10.7 Å². The summed E-state index contributed by atoms with van der Waals surface area (Å²) in [5.41, 5.74) is 0. The van der Waals surface area contributed by atoms with Crippen LogP contribution in [0.3, 0.4) is 0 Å². The molecule has 1 aromatic rings. The lowest BCUT2D eigenvalue weighted by atomic mass is 10.3. The quantitative estimate of drug-likeness (QED) is 0.865. The predicted octanol–water partition coefficient (Wildman–Crippen LogP) is 0.783. The summed E-state index contributed by atoms with van der Waals surface area (Å²) in [4.78, 5) is 23.9. The highest BCUT2D eigenvalue weighted by atomic mass is 32.2. The summed E-state index contributed by atoms with van der Waals surface area (Å²) >= 11 is 0. The number of carboxylic acids is 1. The van der Waals surface area contributed by atoms with Gasteiger partial charge in [-0.3, -0.25) is 4.79 Å². The molecule has 0 aromatic carbocycles. The first kappa shape index (κ1) is 17.5. The van der Waals surface area contributed by atoms with Crippen LogP contribution in [0, 0.1) is 0 Å². The highest BCUT2D eigenvalue weighted by Crippen LogP contribution is 2.25. The highest BCUT2D eigenvalue weighted by Gasteiger charge is 2.32. The van der Waals surface area contributed by atoms with E-state index < -0.39 is 16.0 Å². The van der Waals surface area contributed by atoms with Gasteiger partial charge in [-0.15, -0.1) is 0 Å². The Balaban J connectivity index is 2.31. The third kappa shape index (κ3) is 3.56. The number of aromatic carboxylic acids is 1. The zero-order chi connectivity index (χ0) is 17.2. The van der Waals surface area contributed by atoms with Crippen molar-refractivity contribution in [2.24, 2.45) is 0 Å². The van der Waals surface area contributed by atoms with Gasteiger partial charge in [-0.2, -0.15) is 4.31 Å². The van der Waals surface area contributed by atoms with Crippen molar-refractivity contribution < 1.29 is 27.5 Å². The van der Waals surface area contributed by atoms with Crippen LogP contribution in [0.25, 0.3) is 0 Å². The van der Waals surface area contributed by atoms with E-state index in [1.165, 1.54) is 11.2 Å². The number of carbonyl (C=O) groups is 2. The lowest BCUT2D eigenvalue weighted by molar-refractivity contribution is -0.128. The molecule has 1 aliphatic rings. The summed E-state index contributed by atoms with van der Waals surface area (Å²) in [7, 11) is -3.85. The van der Waals surface area contributed by atoms with E-state index in [1.54, 1.807) is 11.8 Å². The number of rotatable bonds is 4. The minimum atomic E-state index is -3.85. The summed E-state index contributed by atoms with van der Waals surface area (Å²) in [6.45, 7) is 4.44. The van der Waals surface area contributed by atoms with Gasteiger partial charge in [0.2, 0.25) is 21.7 Å². The second kappa shape index (κ2) is 6.71. The SMILES string of the molecule is CCc1oc(C(=O)O)cc1S(=O)(=O)N1CCCN(C(C)=O)CC1. The Kier molecular flexibility index (Phi) is 5.10. The van der Waals surface area contributed by atoms with E-state index in [0.717, 1.165) is 6.07 Å². The second-order valence-corrected chi connectivity index (χ2v) is 7.23. The number of nitrogens with zero attached hydrogens (tertiary/aromatic N) is 2. The van der Waals surface area contributed by atoms with Gasteiger partial charge in [-0.25, -0.2) is 13.2 Å². The van der Waals surface area contributed by atoms with Gasteiger partial charge in [-0.1, -0.05) is 6.92 Å². The molecule has 0 radical (unpaired) electrons. The number of carboxylic acid groups (broad SMARTS) is 1. The molecule has 1 saturated heterocycles. The van der Waals surface area contributed by atoms with Crippen molar-refractivity contribution in [2.75, 3.05) is 26.2 Å². The van der Waals surface area contributed by atoms with E-state index in [2.05, 4.69) is 0 Å². The molecule has 2 rings (SSSR count). The summed E-state index contributed by atoms with van der Waals surface area (Å²) in [6.07, 6.45) is 0.805. The molecule has 1 aliphatic heterocycles. The topological polar surface area (TPSA) is 108 Å². The van der Waals surface area contributed by atoms with Gasteiger partial charge in [0.05, 0.1) is 0 Å². The monoisotopic (exact) mass is 344 g/mol. The average molecular weight is 344 g/mol. The van der Waals surface area contributed by atoms with E-state index in [4.69, 9.17) is 9.52 Å². The fraction of sp³-hybridized carbons (Fsp3) is 0.571. The van der Waals surface area contributed by atoms with Crippen molar-refractivity contribution in [3.63, 3.8) is 0 Å². The Labute approximate surface area is 134 Å². The third-order valence-electron chi connectivity index (χ3n) is 3.82. The van der Waals surface area contributed by atoms with Gasteiger partial charge in [-0.05, 0) is 6.42 Å². The van der Waals surface area contributed by atoms with Crippen LogP contribution < -0.4 is 0 Å². The molecule has 2 heterocycles. The maximum Gasteiger partial charge on any atom is 0.371 e. The molecule has 1 fully saturated rings. The summed E-state index contributed by atoms with van der Waals surface area (Å²) in [5, 5.41) is 8.99. The van der Waals surface area contributed by atoms with Gasteiger partial charge < -0.3 is 14.4 Å². The molecule has 0 bridgehead atoms. The van der Waals surface area contributed by atoms with Crippen LogP contribution >= 0.6 is 0 Å². The maximum atomic E-state index is 12.8. The van der Waals surface area contributed by atoms with Crippen molar-refractivity contribution >= 4 is 21.9 Å². The molecular weight excluding hydrogens is 324 g/mol. The van der Waals surface area contributed by atoms with Gasteiger partial charge >= 0.3 is 5.97 Å². The number of amides is 1. The fourth-order valence-electron chi connectivity index (χ4n) is 2.57. The van der Waals surface area contributed by atoms with E-state index in [-0.39, 0.29) is 41.8 Å². The molecule has 0 spiro atoms. The van der Waals surface area contributed by atoms with Crippen LogP contribution in [0.15, 0.2) is 15.4 Å². The third-order valence-corrected chi connectivity index (χ3v) is 5.77. The number of hydrogen-bond acceptors (Lipinski definition) is 5. The first-order chi connectivity index (χ1) is 10.8. The molecule has 9 heteroatoms. The summed E-state index contributed by atoms with van der Waals surface area (Å²) in [6, 6.07) is 1.06. The molecule has 0 aliphatic carbocycles. The van der Waals surface area contributed by atoms with E-state index in [1.807, 2.05) is 0 Å². The molecule has 8 nitrogen and oxygen atoms in total. The van der Waals surface area contributed by atoms with Gasteiger partial charge in [0.15, 0.2) is 0 Å². The highest BCUT2D eigenvalue weighted by molar-refractivity contribution is 7.89. The molecule has 1 N–H and O–H groups in total. The zero-order valence-electron chi connectivity index (χ0n) is 13.1. The summed E-state index contributed by atoms with van der Waals surface area (Å²) in [5.74, 6) is -1.65. The lowest BCUT2D eigenvalue weighted by Crippen LogP contribution is -2.36. The smallest absolute Gasteiger partial charge is 0.371 e. The molecule has 128 valence electrons. The largest absolute Gasteiger partial charge is 0.475 e. The van der Waals surface area contributed by atoms with E-state index in [9.17, 15) is 18.0 Å². The number of aryl methyl sites for hydroxylation is 1. The number of carbonyl (C=O) groups excluding carboxylic acids is 1. The second-order valence-electron chi connectivity index (χ2n) is 5.32. The van der Waals surface area contributed by atoms with E-state index >= 15 is 0 Å². The van der Waals surface area contributed by atoms with Crippen LogP contribution in [0.1, 0.15) is 36.6 Å². The molecule has 0 unspecified atom stereocenters. The lowest BCUT2D eigenvalue weighted by Gasteiger charge is -2.20. The minimum Gasteiger partial charge on any atom is -0.475 e. The number of sulfonamides is 1. The first-order valence-electron chi connectivity index (χ1n) is 7.39. The van der Waals surface area contributed by atoms with Crippen molar-refractivity contribution in [3.8, 4) is 0 Å². The van der Waals surface area contributed by atoms with Crippen LogP contribution in [0.4, 0.5) is 0 Å². The normalized spacial score (nSPS) is 17.0. The number of furan rings is 1. The molecule has 1 aromatic heterocycles. The van der Waals surface area contributed by atoms with Crippen molar-refractivity contribution in [1.29, 1.82) is 0 Å². The van der Waals surface area contributed by atoms with Crippen LogP contribution in [-0.2, 0) is 21.2 Å². The van der Waals surface area contributed by atoms with Gasteiger partial charge in [0, 0.05) is 45.6 Å². The summed E-state index contributed by atoms with van der Waals surface area (Å²) < 4.78 is 32.0. The van der Waals surface area contributed by atoms with Crippen LogP contribution in [0.2, 0.25) is 0 Å². The fourth-order valence-corrected chi connectivity index (χ4v) is 4.27. The Bertz CT molecular complexity index is 709. The van der Waals surface area contributed by atoms with E-state index in [0.29, 0.717) is 19.5 Å². The van der Waals surface area contributed by atoms with Crippen LogP contribution in [0.5, 0.6) is 0 Å². The van der Waals surface area contributed by atoms with Gasteiger partial charge in [0.25, 0.3) is 0 Å². The minimum absolute atomic E-state index is 0.0880. The Morgan fingerprint density at radius 1 is 1.26 bits per heavy atom. The Hall–Kier alpha value is -1.87. The standard InChI is InChI=1S/C14H20N2O6S/c1-3-11-13(9-12(22-11)14(18)19)23(20,21)16-6-4-5-15(7-8-16)10(2)17/h9H,3-8H2,1-2H3,(H,18,19). The van der Waals surface area contributed by atoms with Crippen molar-refractivity contribution in [3.05, 3.63) is 17.6 Å². The van der Waals surface area contributed by atoms with Crippen molar-refractivity contribution in [1.82, 2.24) is 9.21 Å². The predicted molar refractivity (Wildman–Crippen MR) is 80.7 cm³/mol. The van der Waals surface area contributed by atoms with Crippen molar-refractivity contribution in [2.45, 2.75) is 31.6 Å². The maximum absolute atomic E-state index is 12.8. The average Bonchev–Trinajstić information content (AvgIpc) is 2.77. The zero-order valence-corrected chi connectivity index (χ0v) is 13.9. The molecule has 1 amide bonds. The van der Waals surface area contributed by atoms with Crippen LogP contribution in [-0.4, -0.2) is 60.8 Å². The Morgan fingerprint density at radius 3 is 2.52 bits per heavy atom.